The Morgan fingerprint density at radius 3 is 2.65 bits per heavy atom. The van der Waals surface area contributed by atoms with E-state index >= 15 is 0 Å². The van der Waals surface area contributed by atoms with Crippen molar-refractivity contribution in [1.82, 2.24) is 15.5 Å². The minimum atomic E-state index is -1.22. The quantitative estimate of drug-likeness (QED) is 0.526. The van der Waals surface area contributed by atoms with Crippen LogP contribution in [0.4, 0.5) is 9.18 Å². The standard InChI is InChI=1S/C26H24FN3O3S/c1-26(19-10-7-16-4-2-5-18(16)14-19)24(32)30(25(33)29-26)15-22(31)28-23(21-6-3-13-34-21)17-8-11-20(27)12-9-17/h3,6-14,23H,2,4-5,15H2,1H3,(H,28,31)(H,29,33). The Balaban J connectivity index is 1.34. The molecule has 5 rings (SSSR count). The first kappa shape index (κ1) is 22.3. The number of carbonyl (C=O) groups is 3. The minimum absolute atomic E-state index is 0.370. The molecule has 1 aliphatic carbocycles. The number of rotatable bonds is 6. The summed E-state index contributed by atoms with van der Waals surface area (Å²) < 4.78 is 13.4. The molecule has 2 atom stereocenters. The number of halogens is 1. The average molecular weight is 478 g/mol. The third kappa shape index (κ3) is 3.98. The number of thiophene rings is 1. The van der Waals surface area contributed by atoms with Gasteiger partial charge in [0.1, 0.15) is 17.9 Å². The Kier molecular flexibility index (Phi) is 5.69. The lowest BCUT2D eigenvalue weighted by molar-refractivity contribution is -0.135. The van der Waals surface area contributed by atoms with Gasteiger partial charge in [0, 0.05) is 4.88 Å². The van der Waals surface area contributed by atoms with Crippen LogP contribution in [0.2, 0.25) is 0 Å². The summed E-state index contributed by atoms with van der Waals surface area (Å²) in [5.74, 6) is -1.31. The zero-order valence-electron chi connectivity index (χ0n) is 18.6. The van der Waals surface area contributed by atoms with Crippen molar-refractivity contribution >= 4 is 29.2 Å². The fourth-order valence-corrected chi connectivity index (χ4v) is 5.50. The van der Waals surface area contributed by atoms with E-state index in [0.717, 1.165) is 34.6 Å². The van der Waals surface area contributed by atoms with Gasteiger partial charge in [0.05, 0.1) is 6.04 Å². The molecule has 2 aromatic carbocycles. The van der Waals surface area contributed by atoms with Gasteiger partial charge in [-0.3, -0.25) is 14.5 Å². The van der Waals surface area contributed by atoms with Crippen molar-refractivity contribution in [3.63, 3.8) is 0 Å². The van der Waals surface area contributed by atoms with Gasteiger partial charge in [-0.15, -0.1) is 11.3 Å². The Labute approximate surface area is 200 Å². The van der Waals surface area contributed by atoms with E-state index in [1.165, 1.54) is 34.6 Å². The fraction of sp³-hybridized carbons (Fsp3) is 0.269. The van der Waals surface area contributed by atoms with E-state index in [9.17, 15) is 18.8 Å². The summed E-state index contributed by atoms with van der Waals surface area (Å²) in [6.07, 6.45) is 3.07. The van der Waals surface area contributed by atoms with E-state index in [0.29, 0.717) is 5.56 Å². The number of fused-ring (bicyclic) bond motifs is 1. The van der Waals surface area contributed by atoms with Crippen LogP contribution < -0.4 is 10.6 Å². The Bertz CT molecular complexity index is 1260. The van der Waals surface area contributed by atoms with E-state index in [-0.39, 0.29) is 5.82 Å². The lowest BCUT2D eigenvalue weighted by atomic mass is 9.89. The van der Waals surface area contributed by atoms with Gasteiger partial charge in [-0.25, -0.2) is 9.18 Å². The first-order valence-electron chi connectivity index (χ1n) is 11.2. The van der Waals surface area contributed by atoms with Gasteiger partial charge in [0.25, 0.3) is 5.91 Å². The second-order valence-electron chi connectivity index (χ2n) is 8.85. The van der Waals surface area contributed by atoms with Gasteiger partial charge in [-0.2, -0.15) is 0 Å². The van der Waals surface area contributed by atoms with Crippen molar-refractivity contribution in [2.45, 2.75) is 37.8 Å². The molecule has 2 aliphatic rings. The van der Waals surface area contributed by atoms with Gasteiger partial charge in [0.2, 0.25) is 5.91 Å². The molecule has 1 aromatic heterocycles. The lowest BCUT2D eigenvalue weighted by Crippen LogP contribution is -2.44. The van der Waals surface area contributed by atoms with E-state index in [1.54, 1.807) is 19.1 Å². The number of aryl methyl sites for hydroxylation is 2. The van der Waals surface area contributed by atoms with Gasteiger partial charge in [0.15, 0.2) is 0 Å². The van der Waals surface area contributed by atoms with Crippen LogP contribution in [-0.2, 0) is 28.0 Å². The van der Waals surface area contributed by atoms with Crippen LogP contribution in [0.25, 0.3) is 0 Å². The SMILES string of the molecule is CC1(c2ccc3c(c2)CCC3)NC(=O)N(CC(=O)NC(c2ccc(F)cc2)c2cccs2)C1=O. The molecule has 0 radical (unpaired) electrons. The van der Waals surface area contributed by atoms with Crippen LogP contribution in [-0.4, -0.2) is 29.3 Å². The molecule has 174 valence electrons. The van der Waals surface area contributed by atoms with Crippen LogP contribution in [0, 0.1) is 5.82 Å². The first-order chi connectivity index (χ1) is 16.3. The molecule has 3 aromatic rings. The smallest absolute Gasteiger partial charge is 0.325 e. The summed E-state index contributed by atoms with van der Waals surface area (Å²) in [4.78, 5) is 40.9. The molecular formula is C26H24FN3O3S. The number of hydrogen-bond donors (Lipinski definition) is 2. The van der Waals surface area contributed by atoms with Crippen molar-refractivity contribution in [1.29, 1.82) is 0 Å². The van der Waals surface area contributed by atoms with Crippen LogP contribution in [0.1, 0.15) is 46.5 Å². The predicted molar refractivity (Wildman–Crippen MR) is 127 cm³/mol. The number of amides is 4. The van der Waals surface area contributed by atoms with Gasteiger partial charge in [-0.05, 0) is 72.0 Å². The molecule has 34 heavy (non-hydrogen) atoms. The average Bonchev–Trinajstić information content (AvgIpc) is 3.56. The van der Waals surface area contributed by atoms with Crippen molar-refractivity contribution in [3.8, 4) is 0 Å². The maximum atomic E-state index is 13.4. The molecule has 1 saturated heterocycles. The highest BCUT2D eigenvalue weighted by Gasteiger charge is 2.49. The van der Waals surface area contributed by atoms with Crippen molar-refractivity contribution in [2.24, 2.45) is 0 Å². The Morgan fingerprint density at radius 2 is 1.91 bits per heavy atom. The normalized spacial score (nSPS) is 20.2. The third-order valence-corrected chi connectivity index (χ3v) is 7.53. The number of benzene rings is 2. The molecule has 0 bridgehead atoms. The highest BCUT2D eigenvalue weighted by atomic mass is 32.1. The molecule has 1 aliphatic heterocycles. The summed E-state index contributed by atoms with van der Waals surface area (Å²) >= 11 is 1.45. The molecular weight excluding hydrogens is 453 g/mol. The zero-order valence-corrected chi connectivity index (χ0v) is 19.5. The summed E-state index contributed by atoms with van der Waals surface area (Å²) in [5, 5.41) is 7.57. The minimum Gasteiger partial charge on any atom is -0.343 e. The monoisotopic (exact) mass is 477 g/mol. The molecule has 1 fully saturated rings. The lowest BCUT2D eigenvalue weighted by Gasteiger charge is -2.23. The van der Waals surface area contributed by atoms with E-state index in [2.05, 4.69) is 10.6 Å². The van der Waals surface area contributed by atoms with Crippen LogP contribution >= 0.6 is 11.3 Å². The summed E-state index contributed by atoms with van der Waals surface area (Å²) in [6.45, 7) is 1.27. The predicted octanol–water partition coefficient (Wildman–Crippen LogP) is 4.05. The van der Waals surface area contributed by atoms with Crippen LogP contribution in [0.5, 0.6) is 0 Å². The number of urea groups is 1. The number of imide groups is 1. The maximum Gasteiger partial charge on any atom is 0.325 e. The third-order valence-electron chi connectivity index (χ3n) is 6.59. The maximum absolute atomic E-state index is 13.4. The summed E-state index contributed by atoms with van der Waals surface area (Å²) in [7, 11) is 0. The second-order valence-corrected chi connectivity index (χ2v) is 9.83. The van der Waals surface area contributed by atoms with Crippen LogP contribution in [0.3, 0.4) is 0 Å². The molecule has 0 spiro atoms. The van der Waals surface area contributed by atoms with Crippen molar-refractivity contribution in [2.75, 3.05) is 6.54 Å². The topological polar surface area (TPSA) is 78.5 Å². The van der Waals surface area contributed by atoms with Gasteiger partial charge >= 0.3 is 6.03 Å². The molecule has 0 saturated carbocycles. The van der Waals surface area contributed by atoms with Crippen molar-refractivity contribution < 1.29 is 18.8 Å². The van der Waals surface area contributed by atoms with E-state index in [1.807, 2.05) is 35.7 Å². The highest BCUT2D eigenvalue weighted by Crippen LogP contribution is 2.33. The summed E-state index contributed by atoms with van der Waals surface area (Å²) in [5.41, 5.74) is 2.68. The number of nitrogens with zero attached hydrogens (tertiary/aromatic N) is 1. The molecule has 2 N–H and O–H groups in total. The zero-order chi connectivity index (χ0) is 23.9. The molecule has 6 nitrogen and oxygen atoms in total. The van der Waals surface area contributed by atoms with Gasteiger partial charge < -0.3 is 10.6 Å². The molecule has 2 heterocycles. The largest absolute Gasteiger partial charge is 0.343 e. The first-order valence-corrected chi connectivity index (χ1v) is 12.1. The fourth-order valence-electron chi connectivity index (χ4n) is 4.70. The summed E-state index contributed by atoms with van der Waals surface area (Å²) in [6, 6.07) is 14.4. The number of nitrogens with one attached hydrogen (secondary N) is 2. The molecule has 2 unspecified atom stereocenters. The Hall–Kier alpha value is -3.52. The van der Waals surface area contributed by atoms with Crippen molar-refractivity contribution in [3.05, 3.63) is 92.9 Å². The number of carbonyl (C=O) groups excluding carboxylic acids is 3. The van der Waals surface area contributed by atoms with E-state index in [4.69, 9.17) is 0 Å². The number of hydrogen-bond acceptors (Lipinski definition) is 4. The molecule has 4 amide bonds. The Morgan fingerprint density at radius 1 is 1.15 bits per heavy atom. The van der Waals surface area contributed by atoms with Gasteiger partial charge in [-0.1, -0.05) is 36.4 Å². The second kappa shape index (κ2) is 8.68. The van der Waals surface area contributed by atoms with Crippen LogP contribution in [0.15, 0.2) is 60.0 Å². The van der Waals surface area contributed by atoms with E-state index < -0.39 is 36.0 Å². The molecule has 8 heteroatoms. The highest BCUT2D eigenvalue weighted by molar-refractivity contribution is 7.10.